The van der Waals surface area contributed by atoms with Gasteiger partial charge in [-0.05, 0) is 49.0 Å². The smallest absolute Gasteiger partial charge is 0.169 e. The molecule has 0 atom stereocenters. The third-order valence-electron chi connectivity index (χ3n) is 3.84. The average molecular weight is 228 g/mol. The number of fused-ring (bicyclic) bond motifs is 1. The van der Waals surface area contributed by atoms with Crippen LogP contribution in [-0.4, -0.2) is 5.78 Å². The van der Waals surface area contributed by atoms with Gasteiger partial charge in [-0.3, -0.25) is 4.79 Å². The van der Waals surface area contributed by atoms with E-state index in [1.807, 2.05) is 19.9 Å². The minimum absolute atomic E-state index is 0.301. The van der Waals surface area contributed by atoms with Crippen molar-refractivity contribution in [3.05, 3.63) is 41.0 Å². The van der Waals surface area contributed by atoms with E-state index in [1.165, 1.54) is 16.7 Å². The molecule has 0 amide bonds. The average Bonchev–Trinajstić information content (AvgIpc) is 2.34. The van der Waals surface area contributed by atoms with Crippen LogP contribution in [0.5, 0.6) is 0 Å². The maximum absolute atomic E-state index is 12.6. The first kappa shape index (κ1) is 12.1. The molecule has 1 aliphatic carbocycles. The van der Waals surface area contributed by atoms with Crippen LogP contribution in [-0.2, 0) is 10.2 Å². The summed E-state index contributed by atoms with van der Waals surface area (Å²) in [6.45, 7) is 8.28. The molecule has 0 heterocycles. The van der Waals surface area contributed by atoms with Crippen molar-refractivity contribution in [1.82, 2.24) is 0 Å². The molecule has 0 unspecified atom stereocenters. The van der Waals surface area contributed by atoms with Crippen LogP contribution in [0.15, 0.2) is 29.8 Å². The highest BCUT2D eigenvalue weighted by atomic mass is 16.1. The van der Waals surface area contributed by atoms with Gasteiger partial charge in [0.15, 0.2) is 5.78 Å². The molecule has 0 radical (unpaired) electrons. The number of ketones is 1. The number of allylic oxidation sites excluding steroid dienone is 2. The third kappa shape index (κ3) is 1.65. The molecule has 1 nitrogen and oxygen atoms in total. The minimum atomic E-state index is -0.374. The predicted molar refractivity (Wildman–Crippen MR) is 72.0 cm³/mol. The summed E-state index contributed by atoms with van der Waals surface area (Å²) in [6.07, 6.45) is 1.77. The van der Waals surface area contributed by atoms with E-state index in [0.29, 0.717) is 5.78 Å². The summed E-state index contributed by atoms with van der Waals surface area (Å²) in [5, 5.41) is 0. The van der Waals surface area contributed by atoms with E-state index in [0.717, 1.165) is 18.4 Å². The lowest BCUT2D eigenvalue weighted by atomic mass is 9.68. The van der Waals surface area contributed by atoms with E-state index in [9.17, 15) is 4.79 Å². The fourth-order valence-electron chi connectivity index (χ4n) is 2.87. The molecule has 0 spiro atoms. The number of hydrogen-bond acceptors (Lipinski definition) is 1. The lowest BCUT2D eigenvalue weighted by molar-refractivity contribution is -0.120. The van der Waals surface area contributed by atoms with Crippen molar-refractivity contribution >= 4 is 11.4 Å². The zero-order chi connectivity index (χ0) is 12.6. The van der Waals surface area contributed by atoms with E-state index in [2.05, 4.69) is 32.0 Å². The summed E-state index contributed by atoms with van der Waals surface area (Å²) in [5.74, 6) is 0.301. The lowest BCUT2D eigenvalue weighted by Crippen LogP contribution is -2.35. The number of carbonyl (C=O) groups excluding carboxylic acids is 1. The largest absolute Gasteiger partial charge is 0.294 e. The standard InChI is InChI=1S/C16H20O/c1-5-11-12(6-2)15(17)16(3,4)14-10-8-7-9-13(11)14/h7-10H,5-6H2,1-4H3. The van der Waals surface area contributed by atoms with E-state index in [-0.39, 0.29) is 5.41 Å². The van der Waals surface area contributed by atoms with Gasteiger partial charge >= 0.3 is 0 Å². The van der Waals surface area contributed by atoms with Crippen LogP contribution in [0.2, 0.25) is 0 Å². The quantitative estimate of drug-likeness (QED) is 0.744. The lowest BCUT2D eigenvalue weighted by Gasteiger charge is -2.34. The Hall–Kier alpha value is -1.37. The van der Waals surface area contributed by atoms with Crippen molar-refractivity contribution in [1.29, 1.82) is 0 Å². The van der Waals surface area contributed by atoms with E-state index in [1.54, 1.807) is 0 Å². The van der Waals surface area contributed by atoms with Crippen LogP contribution in [0.4, 0.5) is 0 Å². The van der Waals surface area contributed by atoms with Crippen LogP contribution >= 0.6 is 0 Å². The second-order valence-corrected chi connectivity index (χ2v) is 5.16. The van der Waals surface area contributed by atoms with Gasteiger partial charge in [0.1, 0.15) is 0 Å². The normalized spacial score (nSPS) is 18.2. The Morgan fingerprint density at radius 1 is 1.00 bits per heavy atom. The molecular weight excluding hydrogens is 208 g/mol. The Labute approximate surface area is 104 Å². The number of benzene rings is 1. The van der Waals surface area contributed by atoms with Crippen molar-refractivity contribution in [3.8, 4) is 0 Å². The molecule has 1 aromatic rings. The summed E-state index contributed by atoms with van der Waals surface area (Å²) in [6, 6.07) is 8.33. The Morgan fingerprint density at radius 2 is 1.59 bits per heavy atom. The number of Topliss-reactive ketones (excluding diaryl/α,β-unsaturated/α-hetero) is 1. The van der Waals surface area contributed by atoms with Crippen LogP contribution in [0.25, 0.3) is 5.57 Å². The van der Waals surface area contributed by atoms with Crippen molar-refractivity contribution < 1.29 is 4.79 Å². The topological polar surface area (TPSA) is 17.1 Å². The summed E-state index contributed by atoms with van der Waals surface area (Å²) in [7, 11) is 0. The molecule has 90 valence electrons. The molecule has 0 aliphatic heterocycles. The van der Waals surface area contributed by atoms with Crippen molar-refractivity contribution in [2.45, 2.75) is 46.0 Å². The monoisotopic (exact) mass is 228 g/mol. The second-order valence-electron chi connectivity index (χ2n) is 5.16. The van der Waals surface area contributed by atoms with Gasteiger partial charge in [0.05, 0.1) is 5.41 Å². The van der Waals surface area contributed by atoms with Gasteiger partial charge in [0.2, 0.25) is 0 Å². The van der Waals surface area contributed by atoms with Gasteiger partial charge in [-0.2, -0.15) is 0 Å². The minimum Gasteiger partial charge on any atom is -0.294 e. The van der Waals surface area contributed by atoms with Crippen LogP contribution in [0.3, 0.4) is 0 Å². The van der Waals surface area contributed by atoms with Crippen molar-refractivity contribution in [2.24, 2.45) is 0 Å². The SMILES string of the molecule is CCC1=C(CC)c2ccccc2C(C)(C)C1=O. The van der Waals surface area contributed by atoms with Crippen molar-refractivity contribution in [3.63, 3.8) is 0 Å². The molecule has 0 fully saturated rings. The molecule has 1 heteroatoms. The molecular formula is C16H20O. The highest BCUT2D eigenvalue weighted by Gasteiger charge is 2.38. The first-order chi connectivity index (χ1) is 8.04. The van der Waals surface area contributed by atoms with E-state index >= 15 is 0 Å². The molecule has 1 aromatic carbocycles. The zero-order valence-corrected chi connectivity index (χ0v) is 11.1. The summed E-state index contributed by atoms with van der Waals surface area (Å²) in [5.41, 5.74) is 4.35. The Bertz CT molecular complexity index is 492. The Morgan fingerprint density at radius 3 is 2.18 bits per heavy atom. The number of rotatable bonds is 2. The highest BCUT2D eigenvalue weighted by molar-refractivity contribution is 6.11. The predicted octanol–water partition coefficient (Wildman–Crippen LogP) is 4.12. The fourth-order valence-corrected chi connectivity index (χ4v) is 2.87. The Balaban J connectivity index is 2.77. The van der Waals surface area contributed by atoms with Crippen molar-refractivity contribution in [2.75, 3.05) is 0 Å². The maximum Gasteiger partial charge on any atom is 0.169 e. The van der Waals surface area contributed by atoms with Crippen LogP contribution < -0.4 is 0 Å². The molecule has 17 heavy (non-hydrogen) atoms. The zero-order valence-electron chi connectivity index (χ0n) is 11.1. The summed E-state index contributed by atoms with van der Waals surface area (Å²) < 4.78 is 0. The van der Waals surface area contributed by atoms with Gasteiger partial charge in [0.25, 0.3) is 0 Å². The fraction of sp³-hybridized carbons (Fsp3) is 0.438. The second kappa shape index (κ2) is 4.14. The van der Waals surface area contributed by atoms with Crippen LogP contribution in [0, 0.1) is 0 Å². The van der Waals surface area contributed by atoms with Crippen LogP contribution in [0.1, 0.15) is 51.7 Å². The van der Waals surface area contributed by atoms with Gasteiger partial charge < -0.3 is 0 Å². The van der Waals surface area contributed by atoms with Gasteiger partial charge in [-0.25, -0.2) is 0 Å². The molecule has 0 aromatic heterocycles. The molecule has 1 aliphatic rings. The number of hydrogen-bond donors (Lipinski definition) is 0. The summed E-state index contributed by atoms with van der Waals surface area (Å²) in [4.78, 5) is 12.6. The highest BCUT2D eigenvalue weighted by Crippen LogP contribution is 2.42. The first-order valence-electron chi connectivity index (χ1n) is 6.40. The Kier molecular flexibility index (Phi) is 2.94. The van der Waals surface area contributed by atoms with E-state index in [4.69, 9.17) is 0 Å². The molecule has 2 rings (SSSR count). The van der Waals surface area contributed by atoms with Gasteiger partial charge in [0, 0.05) is 0 Å². The van der Waals surface area contributed by atoms with Gasteiger partial charge in [-0.1, -0.05) is 38.1 Å². The van der Waals surface area contributed by atoms with E-state index < -0.39 is 0 Å². The number of carbonyl (C=O) groups is 1. The summed E-state index contributed by atoms with van der Waals surface area (Å²) >= 11 is 0. The first-order valence-corrected chi connectivity index (χ1v) is 6.40. The third-order valence-corrected chi connectivity index (χ3v) is 3.84. The maximum atomic E-state index is 12.6. The molecule has 0 saturated carbocycles. The molecule has 0 bridgehead atoms. The van der Waals surface area contributed by atoms with Gasteiger partial charge in [-0.15, -0.1) is 0 Å². The molecule has 0 N–H and O–H groups in total. The molecule has 0 saturated heterocycles.